The number of hydrogen-bond acceptors (Lipinski definition) is 16. The molecular formula is C49H70N4O13S2. The van der Waals surface area contributed by atoms with E-state index in [-0.39, 0.29) is 76.8 Å². The third-order valence-corrected chi connectivity index (χ3v) is 12.6. The summed E-state index contributed by atoms with van der Waals surface area (Å²) in [4.78, 5) is 54.8. The highest BCUT2D eigenvalue weighted by Gasteiger charge is 2.22. The Balaban J connectivity index is 1.50. The van der Waals surface area contributed by atoms with E-state index in [1.807, 2.05) is 49.4 Å². The summed E-state index contributed by atoms with van der Waals surface area (Å²) in [7, 11) is -3.37. The van der Waals surface area contributed by atoms with Gasteiger partial charge in [-0.1, -0.05) is 75.2 Å². The molecule has 17 nitrogen and oxygen atoms in total. The number of aromatic nitrogens is 1. The van der Waals surface area contributed by atoms with Gasteiger partial charge in [0.05, 0.1) is 85.1 Å². The fourth-order valence-electron chi connectivity index (χ4n) is 6.63. The molecule has 2 N–H and O–H groups in total. The number of aliphatic carboxylic acids is 2. The van der Waals surface area contributed by atoms with Crippen molar-refractivity contribution >= 4 is 71.8 Å². The molecular weight excluding hydrogens is 917 g/mol. The lowest BCUT2D eigenvalue weighted by Gasteiger charge is -2.25. The van der Waals surface area contributed by atoms with Gasteiger partial charge in [0, 0.05) is 25.0 Å². The Morgan fingerprint density at radius 3 is 1.74 bits per heavy atom. The predicted molar refractivity (Wildman–Crippen MR) is 262 cm³/mol. The number of hydrogen-bond donors (Lipinski definition) is 2. The van der Waals surface area contributed by atoms with Crippen molar-refractivity contribution < 1.29 is 61.5 Å². The number of carboxylic acids is 2. The number of unbranched alkanes of at least 4 members (excludes halogenated alkanes) is 6. The van der Waals surface area contributed by atoms with Crippen LogP contribution < -0.4 is 4.90 Å². The van der Waals surface area contributed by atoms with Crippen molar-refractivity contribution in [1.29, 1.82) is 0 Å². The molecule has 3 rings (SSSR count). The second-order valence-electron chi connectivity index (χ2n) is 16.2. The molecule has 0 bridgehead atoms. The van der Waals surface area contributed by atoms with Gasteiger partial charge in [0.15, 0.2) is 9.84 Å². The van der Waals surface area contributed by atoms with Gasteiger partial charge in [0.1, 0.15) is 13.2 Å². The van der Waals surface area contributed by atoms with E-state index in [9.17, 15) is 37.8 Å². The van der Waals surface area contributed by atoms with E-state index in [0.717, 1.165) is 68.9 Å². The fourth-order valence-corrected chi connectivity index (χ4v) is 8.18. The van der Waals surface area contributed by atoms with E-state index in [1.165, 1.54) is 17.4 Å². The van der Waals surface area contributed by atoms with Crippen LogP contribution in [-0.2, 0) is 52.7 Å². The van der Waals surface area contributed by atoms with Crippen molar-refractivity contribution in [3.63, 3.8) is 0 Å². The van der Waals surface area contributed by atoms with Crippen molar-refractivity contribution in [3.05, 3.63) is 66.3 Å². The Morgan fingerprint density at radius 2 is 1.24 bits per heavy atom. The molecule has 3 aromatic rings. The number of carbonyl (C=O) groups is 4. The summed E-state index contributed by atoms with van der Waals surface area (Å²) in [6.45, 7) is 8.41. The summed E-state index contributed by atoms with van der Waals surface area (Å²) in [6, 6.07) is 10.4. The summed E-state index contributed by atoms with van der Waals surface area (Å²) in [5.74, 6) is -4.97. The average molecular weight is 987 g/mol. The smallest absolute Gasteiger partial charge is 0.307 e. The van der Waals surface area contributed by atoms with Gasteiger partial charge in [0.2, 0.25) is 5.13 Å². The van der Waals surface area contributed by atoms with Crippen molar-refractivity contribution in [2.24, 2.45) is 22.1 Å². The predicted octanol–water partition coefficient (Wildman–Crippen LogP) is 9.60. The zero-order valence-corrected chi connectivity index (χ0v) is 41.6. The zero-order chi connectivity index (χ0) is 49.6. The maximum absolute atomic E-state index is 12.4. The van der Waals surface area contributed by atoms with Gasteiger partial charge in [-0.15, -0.1) is 10.2 Å². The number of ether oxygens (including phenoxy) is 5. The number of benzene rings is 2. The SMILES string of the molecule is CCCCC/C=C/CC(CC(=O)OCCOCCOCCN(CCOCCOC(=O)CC(C/C=C/CCCCC)C(=O)O)c1ccc(N=Nc2nc3ccc(S(C)(=O)=O)cc3s2)c(C)c1)C(=O)O. The van der Waals surface area contributed by atoms with Crippen LogP contribution in [0.3, 0.4) is 0 Å². The van der Waals surface area contributed by atoms with E-state index in [4.69, 9.17) is 23.7 Å². The Morgan fingerprint density at radius 1 is 0.706 bits per heavy atom. The normalized spacial score (nSPS) is 12.9. The van der Waals surface area contributed by atoms with Crippen molar-refractivity contribution in [2.75, 3.05) is 77.1 Å². The highest BCUT2D eigenvalue weighted by molar-refractivity contribution is 7.90. The molecule has 0 saturated heterocycles. The zero-order valence-electron chi connectivity index (χ0n) is 40.0. The van der Waals surface area contributed by atoms with Crippen LogP contribution in [0.25, 0.3) is 10.2 Å². The number of sulfone groups is 1. The quantitative estimate of drug-likeness (QED) is 0.0237. The number of anilines is 1. The Bertz CT molecular complexity index is 2210. The molecule has 0 fully saturated rings. The van der Waals surface area contributed by atoms with Crippen LogP contribution in [0, 0.1) is 18.8 Å². The second kappa shape index (κ2) is 32.6. The number of fused-ring (bicyclic) bond motifs is 1. The van der Waals surface area contributed by atoms with Crippen LogP contribution >= 0.6 is 11.3 Å². The monoisotopic (exact) mass is 986 g/mol. The molecule has 2 unspecified atom stereocenters. The molecule has 1 aromatic heterocycles. The van der Waals surface area contributed by atoms with E-state index in [1.54, 1.807) is 12.1 Å². The van der Waals surface area contributed by atoms with Crippen LogP contribution in [0.5, 0.6) is 0 Å². The number of nitrogens with zero attached hydrogens (tertiary/aromatic N) is 4. The lowest BCUT2D eigenvalue weighted by Crippen LogP contribution is -2.31. The lowest BCUT2D eigenvalue weighted by atomic mass is 10.0. The Hall–Kier alpha value is -5.08. The molecule has 0 spiro atoms. The summed E-state index contributed by atoms with van der Waals surface area (Å²) in [5.41, 5.74) is 2.93. The first-order chi connectivity index (χ1) is 32.7. The van der Waals surface area contributed by atoms with Crippen molar-refractivity contribution in [2.45, 2.75) is 103 Å². The van der Waals surface area contributed by atoms with Crippen LogP contribution in [0.15, 0.2) is 75.8 Å². The number of carboxylic acid groups (broad SMARTS) is 2. The molecule has 0 aliphatic carbocycles. The van der Waals surface area contributed by atoms with Crippen LogP contribution in [0.1, 0.15) is 96.5 Å². The summed E-state index contributed by atoms with van der Waals surface area (Å²) >= 11 is 1.24. The standard InChI is InChI=1S/C49H70N4O13S2/c1-5-7-9-11-13-15-17-38(47(56)57)34-45(54)65-31-29-63-26-24-53(23-25-62-27-28-64-30-32-66-46(55)35-39(48(58)59)18-16-14-12-10-8-6-2)40-19-21-42(37(3)33-40)51-52-49-50-43-22-20-41(68(4,60)61)36-44(43)67-49/h13-16,19-22,33,36,38-39H,5-12,17-18,23-32,34-35H2,1-4H3,(H,56,57)(H,58,59)/b15-13+,16-14+,52-51?. The minimum Gasteiger partial charge on any atom is -0.481 e. The number of carbonyl (C=O) groups excluding carboxylic acids is 2. The topological polar surface area (TPSA) is 230 Å². The lowest BCUT2D eigenvalue weighted by molar-refractivity contribution is -0.152. The Labute approximate surface area is 404 Å². The second-order valence-corrected chi connectivity index (χ2v) is 19.2. The summed E-state index contributed by atoms with van der Waals surface area (Å²) < 4.78 is 52.4. The third kappa shape index (κ3) is 23.3. The minimum atomic E-state index is -3.37. The maximum Gasteiger partial charge on any atom is 0.307 e. The van der Waals surface area contributed by atoms with Crippen LogP contribution in [0.2, 0.25) is 0 Å². The molecule has 19 heteroatoms. The van der Waals surface area contributed by atoms with Gasteiger partial charge >= 0.3 is 23.9 Å². The van der Waals surface area contributed by atoms with E-state index < -0.39 is 45.6 Å². The molecule has 0 amide bonds. The number of esters is 2. The van der Waals surface area contributed by atoms with Gasteiger partial charge in [-0.05, 0) is 87.4 Å². The molecule has 1 heterocycles. The molecule has 0 aliphatic heterocycles. The highest BCUT2D eigenvalue weighted by atomic mass is 32.2. The van der Waals surface area contributed by atoms with Gasteiger partial charge < -0.3 is 38.8 Å². The number of allylic oxidation sites excluding steroid dienone is 4. The summed E-state index contributed by atoms with van der Waals surface area (Å²) in [6.07, 6.45) is 17.1. The number of thiazole rings is 1. The molecule has 0 aliphatic rings. The molecule has 68 heavy (non-hydrogen) atoms. The summed E-state index contributed by atoms with van der Waals surface area (Å²) in [5, 5.41) is 28.2. The van der Waals surface area contributed by atoms with E-state index >= 15 is 0 Å². The van der Waals surface area contributed by atoms with Gasteiger partial charge in [-0.3, -0.25) is 19.2 Å². The largest absolute Gasteiger partial charge is 0.481 e. The molecule has 2 aromatic carbocycles. The third-order valence-electron chi connectivity index (χ3n) is 10.6. The van der Waals surface area contributed by atoms with Crippen LogP contribution in [0.4, 0.5) is 16.5 Å². The number of azo groups is 1. The molecule has 0 saturated carbocycles. The molecule has 0 radical (unpaired) electrons. The maximum atomic E-state index is 12.4. The molecule has 376 valence electrons. The van der Waals surface area contributed by atoms with Crippen LogP contribution in [-0.4, -0.2) is 120 Å². The fraction of sp³-hybridized carbons (Fsp3) is 0.571. The minimum absolute atomic E-state index is 0.00749. The number of rotatable bonds is 37. The van der Waals surface area contributed by atoms with Gasteiger partial charge in [-0.2, -0.15) is 0 Å². The van der Waals surface area contributed by atoms with E-state index in [2.05, 4.69) is 34.0 Å². The first kappa shape index (κ1) is 57.2. The van der Waals surface area contributed by atoms with Gasteiger partial charge in [-0.25, -0.2) is 13.4 Å². The van der Waals surface area contributed by atoms with Crippen molar-refractivity contribution in [1.82, 2.24) is 4.98 Å². The first-order valence-corrected chi connectivity index (χ1v) is 26.1. The average Bonchev–Trinajstić information content (AvgIpc) is 3.72. The highest BCUT2D eigenvalue weighted by Crippen LogP contribution is 2.32. The number of aryl methyl sites for hydroxylation is 1. The first-order valence-electron chi connectivity index (χ1n) is 23.4. The molecule has 2 atom stereocenters. The van der Waals surface area contributed by atoms with Gasteiger partial charge in [0.25, 0.3) is 0 Å². The van der Waals surface area contributed by atoms with E-state index in [0.29, 0.717) is 40.7 Å². The van der Waals surface area contributed by atoms with Crippen molar-refractivity contribution in [3.8, 4) is 0 Å². The Kier molecular flexibility index (Phi) is 27.5.